The third-order valence-corrected chi connectivity index (χ3v) is 9.46. The monoisotopic (exact) mass is 317 g/mol. The van der Waals surface area contributed by atoms with Crippen molar-refractivity contribution in [3.8, 4) is 0 Å². The van der Waals surface area contributed by atoms with Crippen molar-refractivity contribution in [2.75, 3.05) is 13.2 Å². The fourth-order valence-electron chi connectivity index (χ4n) is 2.60. The lowest BCUT2D eigenvalue weighted by molar-refractivity contribution is -0.153. The molecular weight excluding hydrogens is 286 g/mol. The Labute approximate surface area is 129 Å². The van der Waals surface area contributed by atoms with Gasteiger partial charge in [0.2, 0.25) is 0 Å². The van der Waals surface area contributed by atoms with Crippen molar-refractivity contribution in [3.05, 3.63) is 0 Å². The molecule has 21 heavy (non-hydrogen) atoms. The van der Waals surface area contributed by atoms with Gasteiger partial charge in [0.15, 0.2) is 14.1 Å². The normalized spacial score (nSPS) is 36.6. The molecular formula is C15H31NO4Si. The molecule has 2 fully saturated rings. The molecule has 0 unspecified atom stereocenters. The highest BCUT2D eigenvalue weighted by Crippen LogP contribution is 2.38. The molecule has 2 N–H and O–H groups in total. The Balaban J connectivity index is 2.01. The number of ether oxygens (including phenoxy) is 2. The summed E-state index contributed by atoms with van der Waals surface area (Å²) in [5.74, 6) is -0.641. The van der Waals surface area contributed by atoms with Gasteiger partial charge in [0, 0.05) is 6.54 Å². The van der Waals surface area contributed by atoms with Crippen LogP contribution in [0.1, 0.15) is 34.6 Å². The number of aliphatic hydroxyl groups is 1. The van der Waals surface area contributed by atoms with Crippen LogP contribution in [0.3, 0.4) is 0 Å². The predicted octanol–water partition coefficient (Wildman–Crippen LogP) is 1.86. The van der Waals surface area contributed by atoms with E-state index in [2.05, 4.69) is 39.2 Å². The topological polar surface area (TPSA) is 60.0 Å². The van der Waals surface area contributed by atoms with Crippen LogP contribution in [-0.2, 0) is 13.9 Å². The second kappa shape index (κ2) is 5.58. The molecule has 0 spiro atoms. The van der Waals surface area contributed by atoms with Crippen LogP contribution in [0.25, 0.3) is 0 Å². The third kappa shape index (κ3) is 3.68. The zero-order valence-corrected chi connectivity index (χ0v) is 15.4. The highest BCUT2D eigenvalue weighted by atomic mass is 28.4. The summed E-state index contributed by atoms with van der Waals surface area (Å²) >= 11 is 0. The van der Waals surface area contributed by atoms with Crippen molar-refractivity contribution in [3.63, 3.8) is 0 Å². The number of piperidine rings is 1. The molecule has 124 valence electrons. The highest BCUT2D eigenvalue weighted by Gasteiger charge is 2.51. The van der Waals surface area contributed by atoms with Gasteiger partial charge >= 0.3 is 0 Å². The zero-order chi connectivity index (χ0) is 16.1. The smallest absolute Gasteiger partial charge is 0.192 e. The Morgan fingerprint density at radius 1 is 1.24 bits per heavy atom. The minimum absolute atomic E-state index is 0.0642. The quantitative estimate of drug-likeness (QED) is 0.778. The van der Waals surface area contributed by atoms with Crippen molar-refractivity contribution in [1.29, 1.82) is 0 Å². The predicted molar refractivity (Wildman–Crippen MR) is 84.8 cm³/mol. The lowest BCUT2D eigenvalue weighted by Crippen LogP contribution is -2.61. The maximum absolute atomic E-state index is 10.1. The van der Waals surface area contributed by atoms with Gasteiger partial charge in [-0.2, -0.15) is 0 Å². The van der Waals surface area contributed by atoms with Gasteiger partial charge in [-0.3, -0.25) is 0 Å². The average molecular weight is 318 g/mol. The second-order valence-corrected chi connectivity index (χ2v) is 13.0. The molecule has 0 radical (unpaired) electrons. The molecule has 2 saturated heterocycles. The summed E-state index contributed by atoms with van der Waals surface area (Å²) in [6, 6.07) is 0.0642. The first-order chi connectivity index (χ1) is 9.43. The highest BCUT2D eigenvalue weighted by molar-refractivity contribution is 6.74. The van der Waals surface area contributed by atoms with Gasteiger partial charge in [-0.25, -0.2) is 0 Å². The van der Waals surface area contributed by atoms with Crippen molar-refractivity contribution in [2.24, 2.45) is 0 Å². The van der Waals surface area contributed by atoms with E-state index in [1.807, 2.05) is 13.8 Å². The Morgan fingerprint density at radius 2 is 1.81 bits per heavy atom. The first kappa shape index (κ1) is 17.4. The number of nitrogens with one attached hydrogen (secondary N) is 1. The van der Waals surface area contributed by atoms with Crippen molar-refractivity contribution in [2.45, 2.75) is 82.9 Å². The minimum Gasteiger partial charge on any atom is -0.415 e. The summed E-state index contributed by atoms with van der Waals surface area (Å²) in [6.07, 6.45) is -0.955. The van der Waals surface area contributed by atoms with E-state index in [-0.39, 0.29) is 23.3 Å². The average Bonchev–Trinajstić information content (AvgIpc) is 2.63. The largest absolute Gasteiger partial charge is 0.415 e. The zero-order valence-electron chi connectivity index (χ0n) is 14.4. The van der Waals surface area contributed by atoms with Gasteiger partial charge in [-0.1, -0.05) is 20.8 Å². The number of rotatable bonds is 3. The van der Waals surface area contributed by atoms with E-state index in [0.717, 1.165) is 0 Å². The first-order valence-electron chi connectivity index (χ1n) is 7.84. The number of fused-ring (bicyclic) bond motifs is 1. The maximum Gasteiger partial charge on any atom is 0.192 e. The molecule has 0 aromatic rings. The van der Waals surface area contributed by atoms with Gasteiger partial charge in [0.05, 0.1) is 18.8 Å². The summed E-state index contributed by atoms with van der Waals surface area (Å²) in [6.45, 7) is 16.1. The molecule has 0 bridgehead atoms. The SMILES string of the molecule is CC1(C)O[C@@H]2[C@H](O1)[C@H](O)CN[C@@H]2CO[Si](C)(C)C(C)(C)C. The van der Waals surface area contributed by atoms with Gasteiger partial charge in [-0.15, -0.1) is 0 Å². The lowest BCUT2D eigenvalue weighted by Gasteiger charge is -2.40. The van der Waals surface area contributed by atoms with Crippen LogP contribution in [-0.4, -0.2) is 56.7 Å². The fourth-order valence-corrected chi connectivity index (χ4v) is 3.63. The van der Waals surface area contributed by atoms with E-state index in [9.17, 15) is 5.11 Å². The van der Waals surface area contributed by atoms with Crippen LogP contribution in [0.2, 0.25) is 18.1 Å². The van der Waals surface area contributed by atoms with E-state index in [4.69, 9.17) is 13.9 Å². The molecule has 0 aromatic carbocycles. The van der Waals surface area contributed by atoms with Gasteiger partial charge in [0.25, 0.3) is 0 Å². The molecule has 2 rings (SSSR count). The van der Waals surface area contributed by atoms with Gasteiger partial charge in [-0.05, 0) is 32.0 Å². The van der Waals surface area contributed by atoms with E-state index in [1.54, 1.807) is 0 Å². The second-order valence-electron chi connectivity index (χ2n) is 8.22. The molecule has 2 aliphatic heterocycles. The molecule has 0 saturated carbocycles. The van der Waals surface area contributed by atoms with Crippen molar-refractivity contribution in [1.82, 2.24) is 5.32 Å². The molecule has 0 amide bonds. The summed E-state index contributed by atoms with van der Waals surface area (Å²) < 4.78 is 18.1. The maximum atomic E-state index is 10.1. The summed E-state index contributed by atoms with van der Waals surface area (Å²) in [5.41, 5.74) is 0. The van der Waals surface area contributed by atoms with Crippen LogP contribution in [0.4, 0.5) is 0 Å². The van der Waals surface area contributed by atoms with Gasteiger partial charge in [0.1, 0.15) is 12.2 Å². The molecule has 0 aromatic heterocycles. The van der Waals surface area contributed by atoms with E-state index >= 15 is 0 Å². The number of hydrogen-bond acceptors (Lipinski definition) is 5. The van der Waals surface area contributed by atoms with Crippen LogP contribution in [0.5, 0.6) is 0 Å². The molecule has 6 heteroatoms. The first-order valence-corrected chi connectivity index (χ1v) is 10.7. The van der Waals surface area contributed by atoms with Crippen LogP contribution >= 0.6 is 0 Å². The van der Waals surface area contributed by atoms with Crippen molar-refractivity contribution >= 4 is 8.32 Å². The molecule has 4 atom stereocenters. The van der Waals surface area contributed by atoms with Crippen LogP contribution < -0.4 is 5.32 Å². The Hall–Kier alpha value is 0.0169. The lowest BCUT2D eigenvalue weighted by atomic mass is 9.97. The van der Waals surface area contributed by atoms with E-state index in [1.165, 1.54) is 0 Å². The number of hydrogen-bond donors (Lipinski definition) is 2. The fraction of sp³-hybridized carbons (Fsp3) is 1.00. The van der Waals surface area contributed by atoms with Gasteiger partial charge < -0.3 is 24.3 Å². The van der Waals surface area contributed by atoms with Crippen LogP contribution in [0, 0.1) is 0 Å². The summed E-state index contributed by atoms with van der Waals surface area (Å²) in [5, 5.41) is 13.6. The Kier molecular flexibility index (Phi) is 4.62. The number of aliphatic hydroxyl groups excluding tert-OH is 1. The van der Waals surface area contributed by atoms with Crippen molar-refractivity contribution < 1.29 is 19.0 Å². The summed E-state index contributed by atoms with van der Waals surface area (Å²) in [4.78, 5) is 0. The van der Waals surface area contributed by atoms with Crippen LogP contribution in [0.15, 0.2) is 0 Å². The molecule has 0 aliphatic carbocycles. The molecule has 5 nitrogen and oxygen atoms in total. The molecule has 2 aliphatic rings. The molecule has 2 heterocycles. The number of β-amino-alcohol motifs (C(OH)–C–C–N with tert-alkyl or cyclic N) is 1. The Morgan fingerprint density at radius 3 is 2.38 bits per heavy atom. The van der Waals surface area contributed by atoms with E-state index < -0.39 is 20.2 Å². The standard InChI is InChI=1S/C15H31NO4Si/c1-14(2,3)21(6,7)18-9-10-12-13(11(17)8-16-10)20-15(4,5)19-12/h10-13,16-17H,8-9H2,1-7H3/t10-,11-,12+,13-/m1/s1. The van der Waals surface area contributed by atoms with E-state index in [0.29, 0.717) is 13.2 Å². The summed E-state index contributed by atoms with van der Waals surface area (Å²) in [7, 11) is -1.78. The minimum atomic E-state index is -1.78. The third-order valence-electron chi connectivity index (χ3n) is 4.96. The Bertz CT molecular complexity index is 380.